The number of aryl methyl sites for hydroxylation is 1. The van der Waals surface area contributed by atoms with E-state index in [-0.39, 0.29) is 12.4 Å². The number of thiophene rings is 1. The highest BCUT2D eigenvalue weighted by Gasteiger charge is 2.17. The molecule has 2 rings (SSSR count). The van der Waals surface area contributed by atoms with Crippen molar-refractivity contribution < 1.29 is 9.90 Å². The van der Waals surface area contributed by atoms with Crippen LogP contribution in [0.3, 0.4) is 0 Å². The Morgan fingerprint density at radius 1 is 1.32 bits per heavy atom. The van der Waals surface area contributed by atoms with Gasteiger partial charge in [-0.3, -0.25) is 4.79 Å². The predicted octanol–water partition coefficient (Wildman–Crippen LogP) is 3.14. The number of hydrogen-bond donors (Lipinski definition) is 2. The van der Waals surface area contributed by atoms with Crippen molar-refractivity contribution in [1.82, 2.24) is 0 Å². The normalized spacial score (nSPS) is 10.6. The monoisotopic (exact) mass is 295 g/mol. The van der Waals surface area contributed by atoms with Crippen LogP contribution in [0.25, 0.3) is 0 Å². The van der Waals surface area contributed by atoms with Crippen LogP contribution >= 0.6 is 22.9 Å². The van der Waals surface area contributed by atoms with E-state index in [0.717, 1.165) is 11.3 Å². The van der Waals surface area contributed by atoms with Crippen LogP contribution in [-0.4, -0.2) is 17.5 Å². The van der Waals surface area contributed by atoms with E-state index in [2.05, 4.69) is 0 Å². The molecule has 0 aliphatic rings. The third-order valence-corrected chi connectivity index (χ3v) is 4.11. The molecular formula is C14H14ClNO2S. The van der Waals surface area contributed by atoms with Crippen molar-refractivity contribution in [2.45, 2.75) is 12.8 Å². The molecule has 0 unspecified atom stereocenters. The molecule has 1 heterocycles. The average Bonchev–Trinajstić information content (AvgIpc) is 2.77. The first-order valence-electron chi connectivity index (χ1n) is 5.91. The molecule has 19 heavy (non-hydrogen) atoms. The first kappa shape index (κ1) is 14.1. The van der Waals surface area contributed by atoms with E-state index < -0.39 is 0 Å². The zero-order chi connectivity index (χ0) is 13.8. The zero-order valence-electron chi connectivity index (χ0n) is 10.2. The first-order chi connectivity index (χ1) is 9.13. The van der Waals surface area contributed by atoms with Crippen LogP contribution in [0, 0.1) is 0 Å². The van der Waals surface area contributed by atoms with Crippen molar-refractivity contribution in [3.8, 4) is 0 Å². The van der Waals surface area contributed by atoms with Gasteiger partial charge in [0.1, 0.15) is 0 Å². The summed E-state index contributed by atoms with van der Waals surface area (Å²) in [5.41, 5.74) is 6.85. The van der Waals surface area contributed by atoms with Crippen LogP contribution in [0.5, 0.6) is 0 Å². The van der Waals surface area contributed by atoms with E-state index in [0.29, 0.717) is 27.6 Å². The number of ketones is 1. The lowest BCUT2D eigenvalue weighted by molar-refractivity contribution is 0.104. The van der Waals surface area contributed by atoms with Crippen LogP contribution in [0.15, 0.2) is 30.3 Å². The smallest absolute Gasteiger partial charge is 0.197 e. The third-order valence-electron chi connectivity index (χ3n) is 2.76. The fourth-order valence-electron chi connectivity index (χ4n) is 1.80. The number of benzene rings is 1. The number of nitrogens with two attached hydrogens (primary N) is 1. The fourth-order valence-corrected chi connectivity index (χ4v) is 2.99. The molecule has 2 aromatic rings. The molecule has 3 nitrogen and oxygen atoms in total. The summed E-state index contributed by atoms with van der Waals surface area (Å²) in [6, 6.07) is 8.72. The number of nitrogen functional groups attached to an aromatic ring is 1. The molecule has 3 N–H and O–H groups in total. The predicted molar refractivity (Wildman–Crippen MR) is 79.0 cm³/mol. The van der Waals surface area contributed by atoms with Gasteiger partial charge in [-0.05, 0) is 31.0 Å². The number of hydrogen-bond acceptors (Lipinski definition) is 4. The van der Waals surface area contributed by atoms with Gasteiger partial charge in [0.15, 0.2) is 5.78 Å². The van der Waals surface area contributed by atoms with Gasteiger partial charge in [-0.25, -0.2) is 0 Å². The molecule has 1 aromatic carbocycles. The Kier molecular flexibility index (Phi) is 4.58. The highest BCUT2D eigenvalue weighted by Crippen LogP contribution is 2.29. The molecule has 0 amide bonds. The van der Waals surface area contributed by atoms with Crippen LogP contribution in [-0.2, 0) is 6.42 Å². The number of rotatable bonds is 5. The van der Waals surface area contributed by atoms with E-state index in [1.165, 1.54) is 11.3 Å². The van der Waals surface area contributed by atoms with E-state index >= 15 is 0 Å². The molecule has 0 fully saturated rings. The Morgan fingerprint density at radius 2 is 2.05 bits per heavy atom. The van der Waals surface area contributed by atoms with Gasteiger partial charge in [-0.15, -0.1) is 11.3 Å². The zero-order valence-corrected chi connectivity index (χ0v) is 11.8. The number of halogens is 1. The Bertz CT molecular complexity index is 595. The number of carbonyl (C=O) groups excluding carboxylic acids is 1. The lowest BCUT2D eigenvalue weighted by atomic mass is 10.0. The minimum atomic E-state index is -0.158. The molecule has 0 bridgehead atoms. The largest absolute Gasteiger partial charge is 0.396 e. The van der Waals surface area contributed by atoms with Gasteiger partial charge in [-0.1, -0.05) is 23.7 Å². The standard InChI is InChI=1S/C14H14ClNO2S/c15-12-6-2-1-5-10(12)13(18)11-8-9(4-3-7-17)19-14(11)16/h1-2,5-6,8,17H,3-4,7,16H2. The SMILES string of the molecule is Nc1sc(CCCO)cc1C(=O)c1ccccc1Cl. The lowest BCUT2D eigenvalue weighted by Gasteiger charge is -2.02. The van der Waals surface area contributed by atoms with Gasteiger partial charge in [0.25, 0.3) is 0 Å². The van der Waals surface area contributed by atoms with Gasteiger partial charge < -0.3 is 10.8 Å². The van der Waals surface area contributed by atoms with Gasteiger partial charge in [0.2, 0.25) is 0 Å². The number of anilines is 1. The highest BCUT2D eigenvalue weighted by atomic mass is 35.5. The number of aliphatic hydroxyl groups is 1. The summed E-state index contributed by atoms with van der Waals surface area (Å²) in [4.78, 5) is 13.4. The van der Waals surface area contributed by atoms with Crippen molar-refractivity contribution in [3.63, 3.8) is 0 Å². The number of aliphatic hydroxyl groups excluding tert-OH is 1. The molecule has 0 radical (unpaired) electrons. The molecule has 1 aromatic heterocycles. The van der Waals surface area contributed by atoms with Crippen molar-refractivity contribution in [1.29, 1.82) is 0 Å². The molecule has 0 saturated carbocycles. The van der Waals surface area contributed by atoms with E-state index in [9.17, 15) is 4.79 Å². The molecule has 0 aliphatic carbocycles. The number of carbonyl (C=O) groups is 1. The van der Waals surface area contributed by atoms with Crippen LogP contribution in [0.4, 0.5) is 5.00 Å². The molecule has 0 atom stereocenters. The molecule has 0 spiro atoms. The van der Waals surface area contributed by atoms with Crippen LogP contribution in [0.1, 0.15) is 27.2 Å². The van der Waals surface area contributed by atoms with Crippen LogP contribution in [0.2, 0.25) is 5.02 Å². The summed E-state index contributed by atoms with van der Waals surface area (Å²) < 4.78 is 0. The topological polar surface area (TPSA) is 63.3 Å². The maximum atomic E-state index is 12.4. The molecule has 5 heteroatoms. The summed E-state index contributed by atoms with van der Waals surface area (Å²) in [6.07, 6.45) is 1.39. The molecule has 0 aliphatic heterocycles. The summed E-state index contributed by atoms with van der Waals surface area (Å²) in [6.45, 7) is 0.131. The lowest BCUT2D eigenvalue weighted by Crippen LogP contribution is -2.03. The first-order valence-corrected chi connectivity index (χ1v) is 7.11. The highest BCUT2D eigenvalue weighted by molar-refractivity contribution is 7.16. The molecule has 100 valence electrons. The summed E-state index contributed by atoms with van der Waals surface area (Å²) in [7, 11) is 0. The Hall–Kier alpha value is -1.36. The van der Waals surface area contributed by atoms with Crippen LogP contribution < -0.4 is 5.73 Å². The quantitative estimate of drug-likeness (QED) is 0.833. The third kappa shape index (κ3) is 3.15. The van der Waals surface area contributed by atoms with E-state index in [1.807, 2.05) is 0 Å². The van der Waals surface area contributed by atoms with Gasteiger partial charge in [-0.2, -0.15) is 0 Å². The minimum Gasteiger partial charge on any atom is -0.396 e. The van der Waals surface area contributed by atoms with Crippen molar-refractivity contribution in [2.75, 3.05) is 12.3 Å². The summed E-state index contributed by atoms with van der Waals surface area (Å²) >= 11 is 7.41. The van der Waals surface area contributed by atoms with Crippen molar-refractivity contribution in [2.24, 2.45) is 0 Å². The maximum absolute atomic E-state index is 12.4. The average molecular weight is 296 g/mol. The maximum Gasteiger partial charge on any atom is 0.197 e. The molecular weight excluding hydrogens is 282 g/mol. The summed E-state index contributed by atoms with van der Waals surface area (Å²) in [5, 5.41) is 9.74. The van der Waals surface area contributed by atoms with Gasteiger partial charge >= 0.3 is 0 Å². The molecule has 0 saturated heterocycles. The van der Waals surface area contributed by atoms with Crippen molar-refractivity contribution in [3.05, 3.63) is 51.4 Å². The van der Waals surface area contributed by atoms with Crippen molar-refractivity contribution >= 4 is 33.7 Å². The fraction of sp³-hybridized carbons (Fsp3) is 0.214. The van der Waals surface area contributed by atoms with E-state index in [4.69, 9.17) is 22.4 Å². The van der Waals surface area contributed by atoms with Gasteiger partial charge in [0, 0.05) is 17.0 Å². The van der Waals surface area contributed by atoms with E-state index in [1.54, 1.807) is 30.3 Å². The second-order valence-corrected chi connectivity index (χ2v) is 5.70. The second kappa shape index (κ2) is 6.19. The summed E-state index contributed by atoms with van der Waals surface area (Å²) in [5.74, 6) is -0.158. The Labute approximate surface area is 120 Å². The minimum absolute atomic E-state index is 0.131. The Morgan fingerprint density at radius 3 is 2.74 bits per heavy atom. The van der Waals surface area contributed by atoms with Gasteiger partial charge in [0.05, 0.1) is 15.6 Å². The Balaban J connectivity index is 2.29. The second-order valence-electron chi connectivity index (χ2n) is 4.13.